The van der Waals surface area contributed by atoms with E-state index in [-0.39, 0.29) is 0 Å². The van der Waals surface area contributed by atoms with Crippen molar-refractivity contribution in [1.29, 1.82) is 0 Å². The zero-order chi connectivity index (χ0) is 8.91. The van der Waals surface area contributed by atoms with E-state index in [2.05, 4.69) is 10.6 Å². The molecule has 0 aromatic rings. The smallest absolute Gasteiger partial charge is 0.368 e. The minimum Gasteiger partial charge on any atom is -0.368 e. The van der Waals surface area contributed by atoms with Gasteiger partial charge in [-0.2, -0.15) is 18.7 Å². The van der Waals surface area contributed by atoms with Gasteiger partial charge in [0, 0.05) is 0 Å². The molecule has 0 heterocycles. The van der Waals surface area contributed by atoms with Crippen molar-refractivity contribution in [3.63, 3.8) is 0 Å². The van der Waals surface area contributed by atoms with Crippen LogP contribution in [-0.4, -0.2) is 25.2 Å². The van der Waals surface area contributed by atoms with Gasteiger partial charge >= 0.3 is 6.18 Å². The minimum atomic E-state index is -4.35. The molecule has 0 atom stereocenters. The summed E-state index contributed by atoms with van der Waals surface area (Å²) >= 11 is 0. The Morgan fingerprint density at radius 3 is 2.45 bits per heavy atom. The maximum atomic E-state index is 11.3. The van der Waals surface area contributed by atoms with Gasteiger partial charge in [0.05, 0.1) is 0 Å². The van der Waals surface area contributed by atoms with E-state index in [1.807, 2.05) is 0 Å². The van der Waals surface area contributed by atoms with Crippen molar-refractivity contribution in [3.05, 3.63) is 0 Å². The largest absolute Gasteiger partial charge is 0.403 e. The van der Waals surface area contributed by atoms with Crippen molar-refractivity contribution in [2.24, 2.45) is 5.73 Å². The zero-order valence-corrected chi connectivity index (χ0v) is 5.44. The van der Waals surface area contributed by atoms with Crippen molar-refractivity contribution in [2.75, 3.05) is 13.2 Å². The monoisotopic (exact) mass is 172 g/mol. The molecule has 4 nitrogen and oxygen atoms in total. The molecule has 0 aliphatic carbocycles. The first kappa shape index (κ1) is 10.2. The first-order chi connectivity index (χ1) is 4.92. The molecule has 0 aromatic carbocycles. The molecule has 0 saturated heterocycles. The molecule has 0 saturated carbocycles. The van der Waals surface area contributed by atoms with Gasteiger partial charge in [-0.15, -0.1) is 0 Å². The fourth-order valence-electron chi connectivity index (χ4n) is 0.255. The lowest BCUT2D eigenvalue weighted by molar-refractivity contribution is -0.153. The average molecular weight is 172 g/mol. The molecular weight excluding hydrogens is 165 g/mol. The number of primary amides is 1. The van der Waals surface area contributed by atoms with Crippen LogP contribution < -0.4 is 11.2 Å². The molecule has 66 valence electrons. The summed E-state index contributed by atoms with van der Waals surface area (Å²) in [6, 6.07) is 0. The molecule has 0 aromatic heterocycles. The van der Waals surface area contributed by atoms with Crippen LogP contribution in [0, 0.1) is 0 Å². The molecule has 1 amide bonds. The van der Waals surface area contributed by atoms with Gasteiger partial charge < -0.3 is 5.73 Å². The second-order valence-electron chi connectivity index (χ2n) is 1.69. The lowest BCUT2D eigenvalue weighted by atomic mass is 10.7. The molecule has 0 aliphatic heterocycles. The molecule has 7 heteroatoms. The highest BCUT2D eigenvalue weighted by Crippen LogP contribution is 2.11. The Kier molecular flexibility index (Phi) is 3.83. The number of hydrogen-bond acceptors (Lipinski definition) is 3. The lowest BCUT2D eigenvalue weighted by Gasteiger charge is -2.06. The van der Waals surface area contributed by atoms with Crippen LogP contribution in [0.2, 0.25) is 0 Å². The van der Waals surface area contributed by atoms with Gasteiger partial charge in [0.15, 0.2) is 0 Å². The number of carbonyl (C=O) groups excluding carboxylic acids is 1. The number of nitrogens with two attached hydrogens (primary N) is 1. The molecular formula is C4H7F3N2O2. The molecule has 0 unspecified atom stereocenters. The number of carbonyl (C=O) groups is 1. The highest BCUT2D eigenvalue weighted by Gasteiger charge is 2.26. The van der Waals surface area contributed by atoms with Gasteiger partial charge in [-0.25, -0.2) is 0 Å². The number of hydrogen-bond donors (Lipinski definition) is 2. The molecule has 0 spiro atoms. The quantitative estimate of drug-likeness (QED) is 0.446. The fourth-order valence-corrected chi connectivity index (χ4v) is 0.255. The van der Waals surface area contributed by atoms with Crippen molar-refractivity contribution in [3.8, 4) is 0 Å². The van der Waals surface area contributed by atoms with E-state index in [0.29, 0.717) is 0 Å². The summed E-state index contributed by atoms with van der Waals surface area (Å²) in [4.78, 5) is 13.9. The molecule has 0 aliphatic rings. The second-order valence-corrected chi connectivity index (χ2v) is 1.69. The number of nitrogens with one attached hydrogen (secondary N) is 1. The van der Waals surface area contributed by atoms with Gasteiger partial charge in [0.1, 0.15) is 13.2 Å². The molecule has 11 heavy (non-hydrogen) atoms. The third-order valence-corrected chi connectivity index (χ3v) is 0.589. The van der Waals surface area contributed by atoms with Crippen LogP contribution in [0.5, 0.6) is 0 Å². The van der Waals surface area contributed by atoms with E-state index in [4.69, 9.17) is 0 Å². The van der Waals surface area contributed by atoms with Crippen molar-refractivity contribution >= 4 is 5.91 Å². The molecule has 0 bridgehead atoms. The van der Waals surface area contributed by atoms with Gasteiger partial charge in [0.2, 0.25) is 5.91 Å². The second kappa shape index (κ2) is 4.14. The van der Waals surface area contributed by atoms with Crippen molar-refractivity contribution in [2.45, 2.75) is 6.18 Å². The van der Waals surface area contributed by atoms with Gasteiger partial charge in [-0.05, 0) is 0 Å². The van der Waals surface area contributed by atoms with E-state index < -0.39 is 25.2 Å². The molecule has 0 radical (unpaired) electrons. The van der Waals surface area contributed by atoms with Crippen LogP contribution in [-0.2, 0) is 9.63 Å². The Bertz CT molecular complexity index is 136. The number of halogens is 3. The first-order valence-corrected chi connectivity index (χ1v) is 2.61. The Hall–Kier alpha value is -0.820. The molecule has 3 N–H and O–H groups in total. The van der Waals surface area contributed by atoms with Crippen LogP contribution in [0.4, 0.5) is 13.2 Å². The third-order valence-electron chi connectivity index (χ3n) is 0.589. The highest BCUT2D eigenvalue weighted by atomic mass is 19.4. The topological polar surface area (TPSA) is 64.4 Å². The predicted molar refractivity (Wildman–Crippen MR) is 29.2 cm³/mol. The van der Waals surface area contributed by atoms with Crippen molar-refractivity contribution in [1.82, 2.24) is 5.48 Å². The predicted octanol–water partition coefficient (Wildman–Crippen LogP) is -0.445. The SMILES string of the molecule is NC(=O)CONCC(F)(F)F. The highest BCUT2D eigenvalue weighted by molar-refractivity contribution is 5.74. The zero-order valence-electron chi connectivity index (χ0n) is 5.44. The summed E-state index contributed by atoms with van der Waals surface area (Å²) in [6.07, 6.45) is -4.35. The Morgan fingerprint density at radius 2 is 2.09 bits per heavy atom. The number of rotatable bonds is 4. The van der Waals surface area contributed by atoms with Crippen molar-refractivity contribution < 1.29 is 22.8 Å². The average Bonchev–Trinajstić information content (AvgIpc) is 1.78. The van der Waals surface area contributed by atoms with E-state index >= 15 is 0 Å². The Labute approximate surface area is 60.4 Å². The Morgan fingerprint density at radius 1 is 1.55 bits per heavy atom. The number of hydroxylamine groups is 1. The van der Waals surface area contributed by atoms with E-state index in [1.54, 1.807) is 0 Å². The van der Waals surface area contributed by atoms with Gasteiger partial charge in [-0.1, -0.05) is 0 Å². The van der Waals surface area contributed by atoms with Crippen LogP contribution in [0.15, 0.2) is 0 Å². The maximum absolute atomic E-state index is 11.3. The summed E-state index contributed by atoms with van der Waals surface area (Å²) in [7, 11) is 0. The van der Waals surface area contributed by atoms with E-state index in [1.165, 1.54) is 5.48 Å². The summed E-state index contributed by atoms with van der Waals surface area (Å²) in [5.41, 5.74) is 6.09. The standard InChI is InChI=1S/C4H7F3N2O2/c5-4(6,7)2-9-11-1-3(8)10/h9H,1-2H2,(H2,8,10). The van der Waals surface area contributed by atoms with Crippen LogP contribution in [0.25, 0.3) is 0 Å². The van der Waals surface area contributed by atoms with Gasteiger partial charge in [0.25, 0.3) is 0 Å². The van der Waals surface area contributed by atoms with Crippen LogP contribution in [0.1, 0.15) is 0 Å². The minimum absolute atomic E-state index is 0.573. The Balaban J connectivity index is 3.22. The normalized spacial score (nSPS) is 11.5. The summed E-state index contributed by atoms with van der Waals surface area (Å²) in [5.74, 6) is -0.834. The maximum Gasteiger partial charge on any atom is 0.403 e. The summed E-state index contributed by atoms with van der Waals surface area (Å²) in [6.45, 7) is -1.88. The lowest BCUT2D eigenvalue weighted by Crippen LogP contribution is -2.32. The number of amides is 1. The van der Waals surface area contributed by atoms with Gasteiger partial charge in [-0.3, -0.25) is 9.63 Å². The summed E-state index contributed by atoms with van der Waals surface area (Å²) < 4.78 is 34.0. The summed E-state index contributed by atoms with van der Waals surface area (Å²) in [5, 5.41) is 0. The van der Waals surface area contributed by atoms with Crippen LogP contribution in [0.3, 0.4) is 0 Å². The van der Waals surface area contributed by atoms with E-state index in [0.717, 1.165) is 0 Å². The van der Waals surface area contributed by atoms with Crippen LogP contribution >= 0.6 is 0 Å². The first-order valence-electron chi connectivity index (χ1n) is 2.61. The third kappa shape index (κ3) is 9.18. The molecule has 0 fully saturated rings. The number of alkyl halides is 3. The molecule has 0 rings (SSSR count). The van der Waals surface area contributed by atoms with E-state index in [9.17, 15) is 18.0 Å². The fraction of sp³-hybridized carbons (Fsp3) is 0.750.